The van der Waals surface area contributed by atoms with Crippen molar-refractivity contribution in [2.24, 2.45) is 0 Å². The molecule has 1 rings (SSSR count). The van der Waals surface area contributed by atoms with Crippen LogP contribution in [0.4, 0.5) is 27.6 Å². The van der Waals surface area contributed by atoms with E-state index in [2.05, 4.69) is 0 Å². The van der Waals surface area contributed by atoms with Gasteiger partial charge in [0, 0.05) is 18.5 Å². The van der Waals surface area contributed by atoms with Crippen molar-refractivity contribution in [3.8, 4) is 0 Å². The Kier molecular flexibility index (Phi) is 5.82. The average Bonchev–Trinajstić information content (AvgIpc) is 2.43. The van der Waals surface area contributed by atoms with Crippen LogP contribution >= 0.6 is 0 Å². The molecule has 0 aliphatic rings. The van der Waals surface area contributed by atoms with Gasteiger partial charge < -0.3 is 4.90 Å². The third-order valence-electron chi connectivity index (χ3n) is 3.83. The summed E-state index contributed by atoms with van der Waals surface area (Å²) in [5.41, 5.74) is 0.981. The van der Waals surface area contributed by atoms with Gasteiger partial charge in [0.15, 0.2) is 0 Å². The summed E-state index contributed by atoms with van der Waals surface area (Å²) < 4.78 is 68.5. The Balaban J connectivity index is 3.20. The molecule has 0 bridgehead atoms. The zero-order chi connectivity index (χ0) is 17.1. The fraction of sp³-hybridized carbons (Fsp3) is 0.625. The van der Waals surface area contributed by atoms with Crippen LogP contribution in [0, 0.1) is 19.7 Å². The number of nitrogens with zero attached hydrogens (tertiary/aromatic N) is 1. The Morgan fingerprint density at radius 1 is 0.909 bits per heavy atom. The van der Waals surface area contributed by atoms with Crippen LogP contribution in [0.5, 0.6) is 0 Å². The molecule has 0 saturated heterocycles. The molecule has 0 aliphatic heterocycles. The van der Waals surface area contributed by atoms with Crippen molar-refractivity contribution in [1.82, 2.24) is 0 Å². The average molecular weight is 323 g/mol. The van der Waals surface area contributed by atoms with Gasteiger partial charge in [0.25, 0.3) is 11.8 Å². The minimum absolute atomic E-state index is 0.0573. The number of rotatable bonds is 7. The Labute approximate surface area is 128 Å². The molecule has 0 N–H and O–H groups in total. The number of hydrogen-bond acceptors (Lipinski definition) is 1. The maximum Gasteiger partial charge on any atom is 0.264 e. The lowest BCUT2D eigenvalue weighted by Gasteiger charge is -2.32. The lowest BCUT2D eigenvalue weighted by Crippen LogP contribution is -2.43. The van der Waals surface area contributed by atoms with Gasteiger partial charge in [-0.25, -0.2) is 22.0 Å². The molecule has 1 aromatic carbocycles. The first kappa shape index (κ1) is 18.7. The molecule has 1 nitrogen and oxygen atoms in total. The third-order valence-corrected chi connectivity index (χ3v) is 3.83. The smallest absolute Gasteiger partial charge is 0.264 e. The number of alkyl halides is 4. The van der Waals surface area contributed by atoms with Gasteiger partial charge in [-0.15, -0.1) is 0 Å². The zero-order valence-corrected chi connectivity index (χ0v) is 13.3. The number of hydrogen-bond donors (Lipinski definition) is 0. The van der Waals surface area contributed by atoms with Crippen molar-refractivity contribution in [2.45, 2.75) is 52.4 Å². The molecule has 0 spiro atoms. The molecular weight excluding hydrogens is 301 g/mol. The van der Waals surface area contributed by atoms with E-state index in [9.17, 15) is 22.0 Å². The summed E-state index contributed by atoms with van der Waals surface area (Å²) in [4.78, 5) is 0.878. The Bertz CT molecular complexity index is 472. The van der Waals surface area contributed by atoms with Crippen molar-refractivity contribution in [3.63, 3.8) is 0 Å². The second-order valence-electron chi connectivity index (χ2n) is 5.64. The summed E-state index contributed by atoms with van der Waals surface area (Å²) in [5, 5.41) is 0. The van der Waals surface area contributed by atoms with E-state index in [-0.39, 0.29) is 5.69 Å². The van der Waals surface area contributed by atoms with Crippen molar-refractivity contribution in [1.29, 1.82) is 0 Å². The summed E-state index contributed by atoms with van der Waals surface area (Å²) in [6.45, 7) is 4.03. The highest BCUT2D eigenvalue weighted by Crippen LogP contribution is 2.30. The van der Waals surface area contributed by atoms with Crippen LogP contribution < -0.4 is 4.90 Å². The van der Waals surface area contributed by atoms with Crippen LogP contribution in [0.1, 0.15) is 37.8 Å². The fourth-order valence-corrected chi connectivity index (χ4v) is 2.00. The number of benzene rings is 1. The second kappa shape index (κ2) is 6.84. The van der Waals surface area contributed by atoms with Gasteiger partial charge >= 0.3 is 0 Å². The quantitative estimate of drug-likeness (QED) is 0.612. The van der Waals surface area contributed by atoms with Gasteiger partial charge in [-0.2, -0.15) is 0 Å². The van der Waals surface area contributed by atoms with Gasteiger partial charge in [0.05, 0.1) is 13.1 Å². The maximum absolute atomic E-state index is 13.8. The predicted molar refractivity (Wildman–Crippen MR) is 78.6 cm³/mol. The highest BCUT2D eigenvalue weighted by atomic mass is 19.3. The standard InChI is InChI=1S/C16H22F5N/c1-5-15(18,19)9-22(10-16(20,21)6-2)13-7-11(3)12(4)14(17)8-13/h7-8H,5-6,9-10H2,1-4H3. The van der Waals surface area contributed by atoms with Crippen LogP contribution in [0.2, 0.25) is 0 Å². The highest BCUT2D eigenvalue weighted by Gasteiger charge is 2.36. The minimum Gasteiger partial charge on any atom is -0.359 e. The van der Waals surface area contributed by atoms with E-state index >= 15 is 0 Å². The summed E-state index contributed by atoms with van der Waals surface area (Å²) >= 11 is 0. The first-order chi connectivity index (χ1) is 10.0. The Morgan fingerprint density at radius 2 is 1.36 bits per heavy atom. The molecule has 0 heterocycles. The van der Waals surface area contributed by atoms with Crippen molar-refractivity contribution >= 4 is 5.69 Å². The van der Waals surface area contributed by atoms with E-state index in [1.165, 1.54) is 19.9 Å². The summed E-state index contributed by atoms with van der Waals surface area (Å²) in [5.74, 6) is -6.81. The predicted octanol–water partition coefficient (Wildman–Crippen LogP) is 5.34. The topological polar surface area (TPSA) is 3.24 Å². The molecule has 0 fully saturated rings. The summed E-state index contributed by atoms with van der Waals surface area (Å²) in [6.07, 6.45) is -0.928. The van der Waals surface area contributed by atoms with Crippen molar-refractivity contribution < 1.29 is 22.0 Å². The van der Waals surface area contributed by atoms with Gasteiger partial charge in [-0.1, -0.05) is 13.8 Å². The molecule has 0 saturated carbocycles. The fourth-order valence-electron chi connectivity index (χ4n) is 2.00. The Hall–Kier alpha value is -1.33. The minimum atomic E-state index is -3.11. The van der Waals surface area contributed by atoms with Gasteiger partial charge in [-0.3, -0.25) is 0 Å². The van der Waals surface area contributed by atoms with E-state index in [1.807, 2.05) is 0 Å². The second-order valence-corrected chi connectivity index (χ2v) is 5.64. The molecule has 126 valence electrons. The number of anilines is 1. The lowest BCUT2D eigenvalue weighted by molar-refractivity contribution is -0.0159. The van der Waals surface area contributed by atoms with Crippen molar-refractivity contribution in [3.05, 3.63) is 29.1 Å². The molecule has 0 amide bonds. The van der Waals surface area contributed by atoms with Crippen LogP contribution in [0.15, 0.2) is 12.1 Å². The van der Waals surface area contributed by atoms with Crippen molar-refractivity contribution in [2.75, 3.05) is 18.0 Å². The van der Waals surface area contributed by atoms with Crippen LogP contribution in [0.25, 0.3) is 0 Å². The lowest BCUT2D eigenvalue weighted by atomic mass is 10.1. The molecular formula is C16H22F5N. The van der Waals surface area contributed by atoms with Crippen LogP contribution in [0.3, 0.4) is 0 Å². The molecule has 0 aliphatic carbocycles. The monoisotopic (exact) mass is 323 g/mol. The normalized spacial score (nSPS) is 12.6. The third kappa shape index (κ3) is 4.85. The number of aryl methyl sites for hydroxylation is 1. The van der Waals surface area contributed by atoms with Gasteiger partial charge in [0.2, 0.25) is 0 Å². The molecule has 0 radical (unpaired) electrons. The molecule has 0 atom stereocenters. The first-order valence-electron chi connectivity index (χ1n) is 7.28. The van der Waals surface area contributed by atoms with E-state index < -0.39 is 43.6 Å². The molecule has 0 unspecified atom stereocenters. The Morgan fingerprint density at radius 3 is 1.73 bits per heavy atom. The molecule has 22 heavy (non-hydrogen) atoms. The van der Waals surface area contributed by atoms with Gasteiger partial charge in [-0.05, 0) is 37.1 Å². The maximum atomic E-state index is 13.8. The first-order valence-corrected chi connectivity index (χ1v) is 7.28. The van der Waals surface area contributed by atoms with E-state index in [4.69, 9.17) is 0 Å². The van der Waals surface area contributed by atoms with E-state index in [1.54, 1.807) is 13.8 Å². The van der Waals surface area contributed by atoms with Crippen LogP contribution in [-0.4, -0.2) is 24.9 Å². The van der Waals surface area contributed by atoms with E-state index in [0.29, 0.717) is 11.1 Å². The van der Waals surface area contributed by atoms with Crippen LogP contribution in [-0.2, 0) is 0 Å². The summed E-state index contributed by atoms with van der Waals surface area (Å²) in [7, 11) is 0. The highest BCUT2D eigenvalue weighted by molar-refractivity contribution is 5.51. The molecule has 1 aromatic rings. The molecule has 0 aromatic heterocycles. The SMILES string of the molecule is CCC(F)(F)CN(CC(F)(F)CC)c1cc(C)c(C)c(F)c1. The molecule has 6 heteroatoms. The number of halogens is 5. The van der Waals surface area contributed by atoms with E-state index in [0.717, 1.165) is 11.0 Å². The zero-order valence-electron chi connectivity index (χ0n) is 13.3. The summed E-state index contributed by atoms with van der Waals surface area (Å²) in [6, 6.07) is 2.51. The largest absolute Gasteiger partial charge is 0.359 e. The van der Waals surface area contributed by atoms with Gasteiger partial charge in [0.1, 0.15) is 5.82 Å².